The Morgan fingerprint density at radius 3 is 2.81 bits per heavy atom. The van der Waals surface area contributed by atoms with Crippen molar-refractivity contribution in [2.75, 3.05) is 6.61 Å². The van der Waals surface area contributed by atoms with Crippen molar-refractivity contribution in [1.82, 2.24) is 0 Å². The second-order valence-electron chi connectivity index (χ2n) is 7.51. The van der Waals surface area contributed by atoms with E-state index in [4.69, 9.17) is 4.74 Å². The average Bonchev–Trinajstić information content (AvgIpc) is 2.97. The minimum Gasteiger partial charge on any atom is -0.461 e. The van der Waals surface area contributed by atoms with Gasteiger partial charge in [-0.25, -0.2) is 4.79 Å². The summed E-state index contributed by atoms with van der Waals surface area (Å²) in [5, 5.41) is 9.20. The van der Waals surface area contributed by atoms with E-state index in [1.807, 2.05) is 19.9 Å². The Morgan fingerprint density at radius 2 is 2.15 bits per heavy atom. The molecule has 1 saturated carbocycles. The van der Waals surface area contributed by atoms with Gasteiger partial charge in [-0.05, 0) is 54.4 Å². The van der Waals surface area contributed by atoms with E-state index in [1.165, 1.54) is 6.08 Å². The maximum absolute atomic E-state index is 13.9. The van der Waals surface area contributed by atoms with E-state index in [9.17, 15) is 19.2 Å². The molecule has 0 spiro atoms. The standard InChI is InChI=1S/C21H22FNO4/c1-4-26-19(24)16(22)10-15-18(21(15,2)3)20(25)27-17-9-8-13-12(11-23)6-5-7-14(13)17/h5-7,10,15,17-18H,4,8-9H2,1-3H3/b16-10+/t15-,17-,18+/m1/s1. The number of hydrogen-bond acceptors (Lipinski definition) is 5. The minimum atomic E-state index is -1.01. The van der Waals surface area contributed by atoms with Crippen molar-refractivity contribution in [3.63, 3.8) is 0 Å². The number of carbonyl (C=O) groups excluding carboxylic acids is 2. The highest BCUT2D eigenvalue weighted by molar-refractivity contribution is 5.87. The fourth-order valence-corrected chi connectivity index (χ4v) is 3.92. The van der Waals surface area contributed by atoms with Crippen molar-refractivity contribution in [2.45, 2.75) is 39.7 Å². The fourth-order valence-electron chi connectivity index (χ4n) is 3.92. The van der Waals surface area contributed by atoms with Crippen LogP contribution >= 0.6 is 0 Å². The molecule has 1 aromatic carbocycles. The van der Waals surface area contributed by atoms with Crippen LogP contribution in [0.5, 0.6) is 0 Å². The smallest absolute Gasteiger partial charge is 0.366 e. The number of carbonyl (C=O) groups is 2. The van der Waals surface area contributed by atoms with Crippen LogP contribution in [0.25, 0.3) is 0 Å². The molecule has 27 heavy (non-hydrogen) atoms. The van der Waals surface area contributed by atoms with Crippen molar-refractivity contribution in [1.29, 1.82) is 5.26 Å². The van der Waals surface area contributed by atoms with Crippen molar-refractivity contribution in [3.05, 3.63) is 46.8 Å². The Morgan fingerprint density at radius 1 is 1.41 bits per heavy atom. The molecule has 0 unspecified atom stereocenters. The molecule has 2 aliphatic carbocycles. The van der Waals surface area contributed by atoms with Gasteiger partial charge in [0.15, 0.2) is 0 Å². The fraction of sp³-hybridized carbons (Fsp3) is 0.476. The maximum atomic E-state index is 13.9. The topological polar surface area (TPSA) is 76.4 Å². The lowest BCUT2D eigenvalue weighted by Gasteiger charge is -2.14. The number of nitriles is 1. The molecule has 0 bridgehead atoms. The molecule has 0 N–H and O–H groups in total. The zero-order valence-corrected chi connectivity index (χ0v) is 15.6. The molecule has 0 heterocycles. The first kappa shape index (κ1) is 19.1. The van der Waals surface area contributed by atoms with Crippen molar-refractivity contribution >= 4 is 11.9 Å². The van der Waals surface area contributed by atoms with Crippen LogP contribution in [0.15, 0.2) is 30.1 Å². The second-order valence-corrected chi connectivity index (χ2v) is 7.51. The van der Waals surface area contributed by atoms with Crippen molar-refractivity contribution in [2.24, 2.45) is 17.3 Å². The maximum Gasteiger partial charge on any atom is 0.366 e. The molecular weight excluding hydrogens is 349 g/mol. The third-order valence-corrected chi connectivity index (χ3v) is 5.56. The Labute approximate surface area is 157 Å². The monoisotopic (exact) mass is 371 g/mol. The zero-order valence-electron chi connectivity index (χ0n) is 15.6. The van der Waals surface area contributed by atoms with Gasteiger partial charge in [0.25, 0.3) is 0 Å². The highest BCUT2D eigenvalue weighted by Gasteiger charge is 2.62. The molecular formula is C21H22FNO4. The van der Waals surface area contributed by atoms with Gasteiger partial charge in [-0.2, -0.15) is 9.65 Å². The summed E-state index contributed by atoms with van der Waals surface area (Å²) in [7, 11) is 0. The molecule has 3 rings (SSSR count). The lowest BCUT2D eigenvalue weighted by molar-refractivity contribution is -0.152. The minimum absolute atomic E-state index is 0.0887. The molecule has 142 valence electrons. The molecule has 1 fully saturated rings. The molecule has 6 heteroatoms. The van der Waals surface area contributed by atoms with Gasteiger partial charge in [-0.3, -0.25) is 4.79 Å². The molecule has 1 aromatic rings. The normalized spacial score (nSPS) is 25.3. The number of benzene rings is 1. The summed E-state index contributed by atoms with van der Waals surface area (Å²) >= 11 is 0. The second kappa shape index (κ2) is 7.15. The number of allylic oxidation sites excluding steroid dienone is 1. The largest absolute Gasteiger partial charge is 0.461 e. The molecule has 0 saturated heterocycles. The first-order valence-electron chi connectivity index (χ1n) is 9.08. The quantitative estimate of drug-likeness (QED) is 0.582. The van der Waals surface area contributed by atoms with Crippen molar-refractivity contribution in [3.8, 4) is 6.07 Å². The van der Waals surface area contributed by atoms with Crippen LogP contribution in [0, 0.1) is 28.6 Å². The van der Waals surface area contributed by atoms with Gasteiger partial charge in [-0.15, -0.1) is 0 Å². The van der Waals surface area contributed by atoms with E-state index >= 15 is 0 Å². The third kappa shape index (κ3) is 3.46. The average molecular weight is 371 g/mol. The molecule has 0 radical (unpaired) electrons. The van der Waals surface area contributed by atoms with Gasteiger partial charge >= 0.3 is 11.9 Å². The third-order valence-electron chi connectivity index (χ3n) is 5.56. The van der Waals surface area contributed by atoms with Crippen LogP contribution in [0.2, 0.25) is 0 Å². The predicted molar refractivity (Wildman–Crippen MR) is 94.9 cm³/mol. The highest BCUT2D eigenvalue weighted by Crippen LogP contribution is 2.60. The molecule has 2 aliphatic rings. The van der Waals surface area contributed by atoms with Crippen LogP contribution in [-0.4, -0.2) is 18.5 Å². The van der Waals surface area contributed by atoms with Gasteiger partial charge < -0.3 is 9.47 Å². The number of fused-ring (bicyclic) bond motifs is 1. The van der Waals surface area contributed by atoms with Crippen LogP contribution in [-0.2, 0) is 25.5 Å². The van der Waals surface area contributed by atoms with Crippen LogP contribution in [0.4, 0.5) is 4.39 Å². The predicted octanol–water partition coefficient (Wildman–Crippen LogP) is 3.78. The summed E-state index contributed by atoms with van der Waals surface area (Å²) in [6.07, 6.45) is 2.09. The van der Waals surface area contributed by atoms with E-state index in [2.05, 4.69) is 10.8 Å². The van der Waals surface area contributed by atoms with Gasteiger partial charge in [-0.1, -0.05) is 26.0 Å². The summed E-state index contributed by atoms with van der Waals surface area (Å²) in [6, 6.07) is 7.58. The highest BCUT2D eigenvalue weighted by atomic mass is 19.1. The number of ether oxygens (including phenoxy) is 2. The Bertz CT molecular complexity index is 852. The summed E-state index contributed by atoms with van der Waals surface area (Å²) in [5.74, 6) is -3.32. The number of nitrogens with zero attached hydrogens (tertiary/aromatic N) is 1. The first-order valence-corrected chi connectivity index (χ1v) is 9.08. The number of rotatable bonds is 5. The van der Waals surface area contributed by atoms with Crippen LogP contribution < -0.4 is 0 Å². The van der Waals surface area contributed by atoms with Crippen LogP contribution in [0.1, 0.15) is 50.0 Å². The summed E-state index contributed by atoms with van der Waals surface area (Å²) in [6.45, 7) is 5.37. The summed E-state index contributed by atoms with van der Waals surface area (Å²) in [5.41, 5.74) is 1.91. The van der Waals surface area contributed by atoms with E-state index in [0.29, 0.717) is 18.4 Å². The first-order chi connectivity index (χ1) is 12.8. The van der Waals surface area contributed by atoms with E-state index < -0.39 is 41.1 Å². The molecule has 0 amide bonds. The van der Waals surface area contributed by atoms with Crippen LogP contribution in [0.3, 0.4) is 0 Å². The Hall–Kier alpha value is -2.68. The van der Waals surface area contributed by atoms with Gasteiger partial charge in [0.05, 0.1) is 24.2 Å². The molecule has 0 aliphatic heterocycles. The molecule has 3 atom stereocenters. The summed E-state index contributed by atoms with van der Waals surface area (Å²) < 4.78 is 24.3. The number of halogens is 1. The summed E-state index contributed by atoms with van der Waals surface area (Å²) in [4.78, 5) is 24.1. The van der Waals surface area contributed by atoms with Crippen molar-refractivity contribution < 1.29 is 23.5 Å². The number of hydrogen-bond donors (Lipinski definition) is 0. The SMILES string of the molecule is CCOC(=O)/C(F)=C\[C@@H]1[C@@H](C(=O)O[C@@H]2CCc3c(C#N)cccc32)C1(C)C. The van der Waals surface area contributed by atoms with E-state index in [1.54, 1.807) is 19.1 Å². The van der Waals surface area contributed by atoms with E-state index in [-0.39, 0.29) is 6.61 Å². The lowest BCUT2D eigenvalue weighted by Crippen LogP contribution is -2.14. The Balaban J connectivity index is 1.71. The van der Waals surface area contributed by atoms with Gasteiger partial charge in [0.2, 0.25) is 5.83 Å². The number of esters is 2. The zero-order chi connectivity index (χ0) is 19.8. The lowest BCUT2D eigenvalue weighted by atomic mass is 10.0. The van der Waals surface area contributed by atoms with Gasteiger partial charge in [0, 0.05) is 0 Å². The van der Waals surface area contributed by atoms with Gasteiger partial charge in [0.1, 0.15) is 6.10 Å². The Kier molecular flexibility index (Phi) is 5.05. The molecule has 5 nitrogen and oxygen atoms in total. The molecule has 0 aromatic heterocycles. The van der Waals surface area contributed by atoms with E-state index in [0.717, 1.165) is 11.1 Å².